The maximum Gasteiger partial charge on any atom is 0.309 e. The molecule has 1 aromatic rings. The predicted octanol–water partition coefficient (Wildman–Crippen LogP) is 3.35. The number of carbonyl (C=O) groups is 2. The third-order valence-corrected chi connectivity index (χ3v) is 5.85. The van der Waals surface area contributed by atoms with Crippen LogP contribution in [-0.2, 0) is 20.9 Å². The summed E-state index contributed by atoms with van der Waals surface area (Å²) in [6, 6.07) is 7.93. The molecule has 148 valence electrons. The van der Waals surface area contributed by atoms with Gasteiger partial charge in [0.05, 0.1) is 18.4 Å². The summed E-state index contributed by atoms with van der Waals surface area (Å²) in [6.45, 7) is 6.26. The van der Waals surface area contributed by atoms with Crippen LogP contribution in [-0.4, -0.2) is 54.5 Å². The average molecular weight is 393 g/mol. The van der Waals surface area contributed by atoms with E-state index in [4.69, 9.17) is 16.3 Å². The Balaban J connectivity index is 1.50. The van der Waals surface area contributed by atoms with Crippen LogP contribution in [0.5, 0.6) is 0 Å². The van der Waals surface area contributed by atoms with Crippen LogP contribution in [0.3, 0.4) is 0 Å². The molecule has 2 fully saturated rings. The molecule has 6 heteroatoms. The monoisotopic (exact) mass is 392 g/mol. The predicted molar refractivity (Wildman–Crippen MR) is 105 cm³/mol. The summed E-state index contributed by atoms with van der Waals surface area (Å²) in [7, 11) is 0. The van der Waals surface area contributed by atoms with Gasteiger partial charge in [-0.3, -0.25) is 14.5 Å². The second-order valence-corrected chi connectivity index (χ2v) is 7.99. The number of benzene rings is 1. The van der Waals surface area contributed by atoms with E-state index in [1.807, 2.05) is 36.1 Å². The van der Waals surface area contributed by atoms with E-state index in [-0.39, 0.29) is 23.7 Å². The third kappa shape index (κ3) is 5.45. The quantitative estimate of drug-likeness (QED) is 0.721. The second kappa shape index (κ2) is 9.56. The molecule has 2 aliphatic rings. The molecule has 1 amide bonds. The number of amides is 1. The van der Waals surface area contributed by atoms with Crippen molar-refractivity contribution in [3.8, 4) is 0 Å². The van der Waals surface area contributed by atoms with Crippen molar-refractivity contribution in [2.45, 2.75) is 39.2 Å². The molecule has 2 heterocycles. The largest absolute Gasteiger partial charge is 0.466 e. The molecule has 1 atom stereocenters. The lowest BCUT2D eigenvalue weighted by molar-refractivity contribution is -0.152. The minimum absolute atomic E-state index is 0.0539. The first-order valence-corrected chi connectivity index (χ1v) is 10.4. The third-order valence-electron chi connectivity index (χ3n) is 5.60. The molecule has 1 unspecified atom stereocenters. The number of ether oxygens (including phenoxy) is 1. The SMILES string of the molecule is CCOC(=O)C1CCN(C(=O)C2CCCN(Cc3ccc(Cl)cc3)C2)CC1. The molecule has 0 saturated carbocycles. The van der Waals surface area contributed by atoms with Gasteiger partial charge in [0.15, 0.2) is 0 Å². The van der Waals surface area contributed by atoms with Crippen molar-refractivity contribution in [1.82, 2.24) is 9.80 Å². The van der Waals surface area contributed by atoms with Crippen LogP contribution >= 0.6 is 11.6 Å². The van der Waals surface area contributed by atoms with Crippen molar-refractivity contribution in [3.63, 3.8) is 0 Å². The fourth-order valence-corrected chi connectivity index (χ4v) is 4.23. The van der Waals surface area contributed by atoms with E-state index >= 15 is 0 Å². The van der Waals surface area contributed by atoms with Gasteiger partial charge in [-0.05, 0) is 56.8 Å². The Hall–Kier alpha value is -1.59. The molecule has 0 spiro atoms. The summed E-state index contributed by atoms with van der Waals surface area (Å²) >= 11 is 5.96. The van der Waals surface area contributed by atoms with Crippen LogP contribution in [0.2, 0.25) is 5.02 Å². The Labute approximate surface area is 166 Å². The number of esters is 1. The van der Waals surface area contributed by atoms with Crippen molar-refractivity contribution in [2.75, 3.05) is 32.8 Å². The molecule has 5 nitrogen and oxygen atoms in total. The highest BCUT2D eigenvalue weighted by atomic mass is 35.5. The van der Waals surface area contributed by atoms with Crippen LogP contribution in [0.4, 0.5) is 0 Å². The van der Waals surface area contributed by atoms with Crippen LogP contribution in [0.15, 0.2) is 24.3 Å². The lowest BCUT2D eigenvalue weighted by Gasteiger charge is -2.37. The summed E-state index contributed by atoms with van der Waals surface area (Å²) in [5.41, 5.74) is 1.22. The van der Waals surface area contributed by atoms with Crippen molar-refractivity contribution in [2.24, 2.45) is 11.8 Å². The van der Waals surface area contributed by atoms with Gasteiger partial charge in [-0.15, -0.1) is 0 Å². The van der Waals surface area contributed by atoms with Gasteiger partial charge in [-0.25, -0.2) is 0 Å². The Morgan fingerprint density at radius 3 is 2.44 bits per heavy atom. The smallest absolute Gasteiger partial charge is 0.309 e. The Morgan fingerprint density at radius 2 is 1.78 bits per heavy atom. The van der Waals surface area contributed by atoms with E-state index < -0.39 is 0 Å². The average Bonchev–Trinajstić information content (AvgIpc) is 2.70. The highest BCUT2D eigenvalue weighted by Gasteiger charge is 2.33. The second-order valence-electron chi connectivity index (χ2n) is 7.55. The molecule has 1 aromatic carbocycles. The zero-order valence-electron chi connectivity index (χ0n) is 16.0. The van der Waals surface area contributed by atoms with E-state index in [2.05, 4.69) is 4.90 Å². The number of hydrogen-bond acceptors (Lipinski definition) is 4. The van der Waals surface area contributed by atoms with E-state index in [9.17, 15) is 9.59 Å². The Kier molecular flexibility index (Phi) is 7.13. The van der Waals surface area contributed by atoms with E-state index in [0.717, 1.165) is 37.5 Å². The van der Waals surface area contributed by atoms with Crippen molar-refractivity contribution in [3.05, 3.63) is 34.9 Å². The standard InChI is InChI=1S/C21H29ClN2O3/c1-2-27-21(26)17-9-12-24(13-10-17)20(25)18-4-3-11-23(15-18)14-16-5-7-19(22)8-6-16/h5-8,17-18H,2-4,9-15H2,1H3. The molecule has 0 aromatic heterocycles. The molecule has 2 saturated heterocycles. The van der Waals surface area contributed by atoms with E-state index in [1.54, 1.807) is 0 Å². The molecular weight excluding hydrogens is 364 g/mol. The van der Waals surface area contributed by atoms with Gasteiger partial charge in [0, 0.05) is 31.2 Å². The van der Waals surface area contributed by atoms with Gasteiger partial charge >= 0.3 is 5.97 Å². The fraction of sp³-hybridized carbons (Fsp3) is 0.619. The number of piperidine rings is 2. The highest BCUT2D eigenvalue weighted by molar-refractivity contribution is 6.30. The van der Waals surface area contributed by atoms with Crippen molar-refractivity contribution < 1.29 is 14.3 Å². The minimum Gasteiger partial charge on any atom is -0.466 e. The normalized spacial score (nSPS) is 21.9. The van der Waals surface area contributed by atoms with Crippen molar-refractivity contribution in [1.29, 1.82) is 0 Å². The summed E-state index contributed by atoms with van der Waals surface area (Å²) in [4.78, 5) is 29.1. The summed E-state index contributed by atoms with van der Waals surface area (Å²) < 4.78 is 5.11. The number of likely N-dealkylation sites (tertiary alicyclic amines) is 2. The minimum atomic E-state index is -0.114. The lowest BCUT2D eigenvalue weighted by atomic mass is 9.92. The summed E-state index contributed by atoms with van der Waals surface area (Å²) in [6.07, 6.45) is 3.43. The molecule has 27 heavy (non-hydrogen) atoms. The van der Waals surface area contributed by atoms with Crippen LogP contribution in [0, 0.1) is 11.8 Å². The van der Waals surface area contributed by atoms with Gasteiger partial charge in [-0.1, -0.05) is 23.7 Å². The van der Waals surface area contributed by atoms with Crippen LogP contribution in [0.25, 0.3) is 0 Å². The first-order valence-electron chi connectivity index (χ1n) is 9.99. The van der Waals surface area contributed by atoms with Crippen LogP contribution < -0.4 is 0 Å². The number of carbonyl (C=O) groups excluding carboxylic acids is 2. The molecule has 2 aliphatic heterocycles. The molecule has 0 N–H and O–H groups in total. The zero-order chi connectivity index (χ0) is 19.2. The molecule has 3 rings (SSSR count). The first kappa shape index (κ1) is 20.2. The number of nitrogens with zero attached hydrogens (tertiary/aromatic N) is 2. The van der Waals surface area contributed by atoms with Crippen molar-refractivity contribution >= 4 is 23.5 Å². The number of halogens is 1. The van der Waals surface area contributed by atoms with Gasteiger partial charge in [-0.2, -0.15) is 0 Å². The maximum atomic E-state index is 13.0. The van der Waals surface area contributed by atoms with E-state index in [0.29, 0.717) is 32.5 Å². The fourth-order valence-electron chi connectivity index (χ4n) is 4.10. The molecule has 0 radical (unpaired) electrons. The molecular formula is C21H29ClN2O3. The first-order chi connectivity index (χ1) is 13.1. The van der Waals surface area contributed by atoms with Crippen LogP contribution in [0.1, 0.15) is 38.2 Å². The lowest BCUT2D eigenvalue weighted by Crippen LogP contribution is -2.47. The summed E-state index contributed by atoms with van der Waals surface area (Å²) in [5, 5.41) is 0.747. The molecule has 0 bridgehead atoms. The van der Waals surface area contributed by atoms with E-state index in [1.165, 1.54) is 5.56 Å². The number of rotatable bonds is 5. The van der Waals surface area contributed by atoms with Gasteiger partial charge in [0.1, 0.15) is 0 Å². The Morgan fingerprint density at radius 1 is 1.07 bits per heavy atom. The summed E-state index contributed by atoms with van der Waals surface area (Å²) in [5.74, 6) is 0.140. The Bertz CT molecular complexity index is 641. The van der Waals surface area contributed by atoms with Gasteiger partial charge in [0.25, 0.3) is 0 Å². The molecule has 0 aliphatic carbocycles. The number of hydrogen-bond donors (Lipinski definition) is 0. The van der Waals surface area contributed by atoms with Gasteiger partial charge in [0.2, 0.25) is 5.91 Å². The topological polar surface area (TPSA) is 49.9 Å². The zero-order valence-corrected chi connectivity index (χ0v) is 16.8. The highest BCUT2D eigenvalue weighted by Crippen LogP contribution is 2.25. The maximum absolute atomic E-state index is 13.0. The van der Waals surface area contributed by atoms with Gasteiger partial charge < -0.3 is 9.64 Å².